The fraction of sp³-hybridized carbons (Fsp3) is 0.444. The first-order valence-corrected chi connectivity index (χ1v) is 12.8. The highest BCUT2D eigenvalue weighted by Gasteiger charge is 2.47. The van der Waals surface area contributed by atoms with Crippen molar-refractivity contribution in [3.8, 4) is 0 Å². The van der Waals surface area contributed by atoms with Gasteiger partial charge in [0.1, 0.15) is 5.82 Å². The van der Waals surface area contributed by atoms with Crippen LogP contribution in [0.25, 0.3) is 10.9 Å². The van der Waals surface area contributed by atoms with Crippen LogP contribution in [0.2, 0.25) is 0 Å². The summed E-state index contributed by atoms with van der Waals surface area (Å²) in [5, 5.41) is 3.93. The SMILES string of the molecule is Cc1ccc2nc(NC3CCC(N(C(=O)C(F)(F)F)c4cc(C(F)(F)F)cc(C(F)(F)F)c4)CC3)nc(N(C)C)c2c1. The maximum atomic E-state index is 13.6. The molecule has 0 saturated heterocycles. The van der Waals surface area contributed by atoms with E-state index in [1.807, 2.05) is 25.1 Å². The first-order chi connectivity index (χ1) is 19.3. The number of hydrogen-bond donors (Lipinski definition) is 1. The lowest BCUT2D eigenvalue weighted by molar-refractivity contribution is -0.171. The number of nitrogens with zero attached hydrogens (tertiary/aromatic N) is 4. The molecule has 15 heteroatoms. The monoisotopic (exact) mass is 607 g/mol. The Morgan fingerprint density at radius 1 is 0.833 bits per heavy atom. The average molecular weight is 608 g/mol. The molecule has 1 N–H and O–H groups in total. The Morgan fingerprint density at radius 3 is 1.90 bits per heavy atom. The van der Waals surface area contributed by atoms with Crippen LogP contribution < -0.4 is 15.1 Å². The molecule has 6 nitrogen and oxygen atoms in total. The molecule has 3 aromatic rings. The number of aryl methyl sites for hydroxylation is 1. The zero-order valence-electron chi connectivity index (χ0n) is 22.5. The van der Waals surface area contributed by atoms with Gasteiger partial charge in [0.25, 0.3) is 0 Å². The van der Waals surface area contributed by atoms with Crippen molar-refractivity contribution in [1.29, 1.82) is 0 Å². The van der Waals surface area contributed by atoms with Crippen molar-refractivity contribution >= 4 is 34.3 Å². The molecule has 1 aliphatic carbocycles. The summed E-state index contributed by atoms with van der Waals surface area (Å²) in [4.78, 5) is 23.3. The molecule has 228 valence electrons. The van der Waals surface area contributed by atoms with E-state index in [0.29, 0.717) is 11.3 Å². The predicted octanol–water partition coefficient (Wildman–Crippen LogP) is 7.36. The lowest BCUT2D eigenvalue weighted by Gasteiger charge is -2.38. The van der Waals surface area contributed by atoms with Crippen molar-refractivity contribution in [3.05, 3.63) is 53.1 Å². The maximum Gasteiger partial charge on any atom is 0.471 e. The van der Waals surface area contributed by atoms with E-state index in [1.165, 1.54) is 0 Å². The predicted molar refractivity (Wildman–Crippen MR) is 138 cm³/mol. The van der Waals surface area contributed by atoms with Gasteiger partial charge >= 0.3 is 24.4 Å². The summed E-state index contributed by atoms with van der Waals surface area (Å²) in [6.07, 6.45) is -16.1. The number of nitrogens with one attached hydrogen (secondary N) is 1. The Hall–Kier alpha value is -3.78. The molecule has 1 heterocycles. The Kier molecular flexibility index (Phi) is 8.26. The van der Waals surface area contributed by atoms with Crippen LogP contribution in [0.15, 0.2) is 36.4 Å². The van der Waals surface area contributed by atoms with Crippen molar-refractivity contribution < 1.29 is 44.3 Å². The van der Waals surface area contributed by atoms with Crippen molar-refractivity contribution in [2.75, 3.05) is 29.2 Å². The van der Waals surface area contributed by atoms with E-state index in [0.717, 1.165) is 10.9 Å². The van der Waals surface area contributed by atoms with Gasteiger partial charge in [-0.1, -0.05) is 11.6 Å². The number of amides is 1. The molecule has 1 saturated carbocycles. The third-order valence-corrected chi connectivity index (χ3v) is 6.96. The van der Waals surface area contributed by atoms with Gasteiger partial charge in [0.2, 0.25) is 5.95 Å². The van der Waals surface area contributed by atoms with Crippen molar-refractivity contribution in [1.82, 2.24) is 9.97 Å². The molecule has 0 atom stereocenters. The number of aromatic nitrogens is 2. The molecule has 1 fully saturated rings. The number of carbonyl (C=O) groups is 1. The van der Waals surface area contributed by atoms with Gasteiger partial charge < -0.3 is 15.1 Å². The second-order valence-electron chi connectivity index (χ2n) is 10.4. The van der Waals surface area contributed by atoms with E-state index >= 15 is 0 Å². The zero-order valence-corrected chi connectivity index (χ0v) is 22.5. The highest BCUT2D eigenvalue weighted by Crippen LogP contribution is 2.41. The van der Waals surface area contributed by atoms with Crippen LogP contribution in [0.5, 0.6) is 0 Å². The van der Waals surface area contributed by atoms with Gasteiger partial charge in [0, 0.05) is 37.3 Å². The molecule has 0 bridgehead atoms. The lowest BCUT2D eigenvalue weighted by atomic mass is 9.89. The van der Waals surface area contributed by atoms with E-state index in [1.54, 1.807) is 19.0 Å². The van der Waals surface area contributed by atoms with Crippen LogP contribution in [0.4, 0.5) is 57.0 Å². The number of carbonyl (C=O) groups excluding carboxylic acids is 1. The summed E-state index contributed by atoms with van der Waals surface area (Å²) in [5.74, 6) is -1.68. The smallest absolute Gasteiger partial charge is 0.362 e. The largest absolute Gasteiger partial charge is 0.471 e. The van der Waals surface area contributed by atoms with Crippen LogP contribution in [-0.2, 0) is 17.1 Å². The molecule has 42 heavy (non-hydrogen) atoms. The summed E-state index contributed by atoms with van der Waals surface area (Å²) >= 11 is 0. The van der Waals surface area contributed by atoms with Gasteiger partial charge in [0.05, 0.1) is 16.6 Å². The Bertz CT molecular complexity index is 1430. The molecule has 0 aliphatic heterocycles. The van der Waals surface area contributed by atoms with E-state index in [9.17, 15) is 44.3 Å². The Balaban J connectivity index is 1.62. The van der Waals surface area contributed by atoms with Gasteiger partial charge in [-0.3, -0.25) is 4.79 Å². The van der Waals surface area contributed by atoms with E-state index in [2.05, 4.69) is 15.3 Å². The van der Waals surface area contributed by atoms with Crippen LogP contribution in [-0.4, -0.2) is 48.2 Å². The molecule has 1 aromatic heterocycles. The highest BCUT2D eigenvalue weighted by molar-refractivity contribution is 5.98. The fourth-order valence-electron chi connectivity index (χ4n) is 5.00. The second-order valence-corrected chi connectivity index (χ2v) is 10.4. The molecule has 1 amide bonds. The maximum absolute atomic E-state index is 13.6. The van der Waals surface area contributed by atoms with Crippen molar-refractivity contribution in [3.63, 3.8) is 0 Å². The van der Waals surface area contributed by atoms with Crippen molar-refractivity contribution in [2.45, 2.75) is 63.2 Å². The van der Waals surface area contributed by atoms with Gasteiger partial charge in [-0.05, 0) is 62.9 Å². The number of anilines is 3. The van der Waals surface area contributed by atoms with Crippen molar-refractivity contribution in [2.24, 2.45) is 0 Å². The lowest BCUT2D eigenvalue weighted by Crippen LogP contribution is -2.49. The van der Waals surface area contributed by atoms with Gasteiger partial charge in [0.15, 0.2) is 0 Å². The number of benzene rings is 2. The summed E-state index contributed by atoms with van der Waals surface area (Å²) < 4.78 is 121. The molecule has 0 spiro atoms. The molecular formula is C27H26F9N5O. The van der Waals surface area contributed by atoms with E-state index in [-0.39, 0.29) is 60.8 Å². The quantitative estimate of drug-likeness (QED) is 0.307. The summed E-state index contributed by atoms with van der Waals surface area (Å²) in [5.41, 5.74) is -3.12. The van der Waals surface area contributed by atoms with E-state index < -0.39 is 47.3 Å². The number of hydrogen-bond acceptors (Lipinski definition) is 5. The van der Waals surface area contributed by atoms with Crippen LogP contribution in [0.3, 0.4) is 0 Å². The number of rotatable bonds is 5. The Morgan fingerprint density at radius 2 is 1.40 bits per heavy atom. The van der Waals surface area contributed by atoms with Crippen LogP contribution in [0, 0.1) is 6.92 Å². The number of fused-ring (bicyclic) bond motifs is 1. The molecular weight excluding hydrogens is 581 g/mol. The third kappa shape index (κ3) is 6.81. The molecule has 4 rings (SSSR count). The van der Waals surface area contributed by atoms with Crippen LogP contribution in [0.1, 0.15) is 42.4 Å². The summed E-state index contributed by atoms with van der Waals surface area (Å²) in [7, 11) is 3.59. The van der Waals surface area contributed by atoms with Gasteiger partial charge in [-0.15, -0.1) is 0 Å². The molecule has 0 radical (unpaired) electrons. The highest BCUT2D eigenvalue weighted by atomic mass is 19.4. The first-order valence-electron chi connectivity index (χ1n) is 12.8. The topological polar surface area (TPSA) is 61.4 Å². The van der Waals surface area contributed by atoms with E-state index in [4.69, 9.17) is 0 Å². The minimum atomic E-state index is -5.54. The minimum absolute atomic E-state index is 0.0136. The van der Waals surface area contributed by atoms with Gasteiger partial charge in [-0.25, -0.2) is 4.98 Å². The molecule has 0 unspecified atom stereocenters. The fourth-order valence-corrected chi connectivity index (χ4v) is 5.00. The molecule has 1 aliphatic rings. The second kappa shape index (κ2) is 11.1. The van der Waals surface area contributed by atoms with Crippen LogP contribution >= 0.6 is 0 Å². The normalized spacial score (nSPS) is 18.2. The third-order valence-electron chi connectivity index (χ3n) is 6.96. The zero-order chi connectivity index (χ0) is 31.2. The average Bonchev–Trinajstić information content (AvgIpc) is 2.87. The number of alkyl halides is 9. The summed E-state index contributed by atoms with van der Waals surface area (Å²) in [6.45, 7) is 1.92. The molecule has 2 aromatic carbocycles. The number of halogens is 9. The standard InChI is InChI=1S/C27H26F9N5O/c1-14-4-9-21-20(10-14)22(40(2)3)39-24(38-21)37-17-5-7-18(8-6-17)41(23(42)27(34,35)36)19-12-15(25(28,29)30)11-16(13-19)26(31,32)33/h4,9-13,17-18H,5-8H2,1-3H3,(H,37,38,39). The minimum Gasteiger partial charge on any atom is -0.362 e. The Labute approximate surface area is 234 Å². The van der Waals surface area contributed by atoms with Gasteiger partial charge in [-0.2, -0.15) is 44.5 Å². The first kappa shape index (κ1) is 31.2. The summed E-state index contributed by atoms with van der Waals surface area (Å²) in [6, 6.07) is 3.99.